The van der Waals surface area contributed by atoms with Gasteiger partial charge in [0.05, 0.1) is 38.7 Å². The quantitative estimate of drug-likeness (QED) is 0.320. The highest BCUT2D eigenvalue weighted by atomic mass is 16.5. The molecule has 35 heavy (non-hydrogen) atoms. The minimum atomic E-state index is 0.367. The fourth-order valence-electron chi connectivity index (χ4n) is 4.43. The molecular formula is C28H24N6O. The van der Waals surface area contributed by atoms with Crippen LogP contribution in [-0.2, 0) is 31.0 Å². The van der Waals surface area contributed by atoms with Crippen LogP contribution in [0.3, 0.4) is 0 Å². The average molecular weight is 461 g/mol. The second-order valence-electron chi connectivity index (χ2n) is 8.58. The number of benzene rings is 4. The Morgan fingerprint density at radius 3 is 1.51 bits per heavy atom. The smallest absolute Gasteiger partial charge is 0.108 e. The molecule has 7 nitrogen and oxygen atoms in total. The van der Waals surface area contributed by atoms with Crippen molar-refractivity contribution in [3.8, 4) is 0 Å². The van der Waals surface area contributed by atoms with Crippen molar-refractivity contribution in [1.29, 1.82) is 0 Å². The Hall–Kier alpha value is -4.36. The van der Waals surface area contributed by atoms with Crippen LogP contribution in [0.15, 0.2) is 97.3 Å². The number of nitrogens with zero attached hydrogens (tertiary/aromatic N) is 6. The lowest BCUT2D eigenvalue weighted by Gasteiger charge is -2.06. The Kier molecular flexibility index (Phi) is 5.74. The van der Waals surface area contributed by atoms with Crippen molar-refractivity contribution in [3.05, 3.63) is 120 Å². The van der Waals surface area contributed by atoms with E-state index in [1.807, 2.05) is 21.8 Å². The van der Waals surface area contributed by atoms with Crippen LogP contribution in [0.4, 0.5) is 0 Å². The van der Waals surface area contributed by atoms with E-state index in [2.05, 4.69) is 106 Å². The first-order valence-corrected chi connectivity index (χ1v) is 11.6. The molecule has 2 aromatic heterocycles. The fourth-order valence-corrected chi connectivity index (χ4v) is 4.43. The molecule has 7 heteroatoms. The Bertz CT molecular complexity index is 1470. The van der Waals surface area contributed by atoms with Crippen LogP contribution in [0.25, 0.3) is 21.5 Å². The molecule has 2 heterocycles. The van der Waals surface area contributed by atoms with Crippen molar-refractivity contribution >= 4 is 21.5 Å². The molecule has 0 bridgehead atoms. The summed E-state index contributed by atoms with van der Waals surface area (Å²) in [5.74, 6) is 0. The van der Waals surface area contributed by atoms with Crippen LogP contribution in [-0.4, -0.2) is 30.0 Å². The fraction of sp³-hybridized carbons (Fsp3) is 0.143. The van der Waals surface area contributed by atoms with E-state index in [9.17, 15) is 0 Å². The summed E-state index contributed by atoms with van der Waals surface area (Å²) in [6.07, 6.45) is 3.86. The predicted octanol–water partition coefficient (Wildman–Crippen LogP) is 4.99. The maximum Gasteiger partial charge on any atom is 0.108 e. The molecule has 4 aromatic carbocycles. The Labute approximate surface area is 202 Å². The van der Waals surface area contributed by atoms with Crippen LogP contribution < -0.4 is 0 Å². The van der Waals surface area contributed by atoms with Crippen LogP contribution in [0, 0.1) is 0 Å². The monoisotopic (exact) mass is 460 g/mol. The molecule has 0 saturated heterocycles. The van der Waals surface area contributed by atoms with E-state index in [-0.39, 0.29) is 0 Å². The molecule has 0 aliphatic rings. The zero-order valence-corrected chi connectivity index (χ0v) is 19.2. The largest absolute Gasteiger partial charge is 0.369 e. The minimum absolute atomic E-state index is 0.367. The second kappa shape index (κ2) is 9.48. The third-order valence-corrected chi connectivity index (χ3v) is 6.10. The molecular weight excluding hydrogens is 436 g/mol. The molecule has 0 aliphatic carbocycles. The van der Waals surface area contributed by atoms with Crippen LogP contribution >= 0.6 is 0 Å². The zero-order chi connectivity index (χ0) is 23.5. The molecule has 0 amide bonds. The van der Waals surface area contributed by atoms with Gasteiger partial charge >= 0.3 is 0 Å². The Morgan fingerprint density at radius 2 is 1.00 bits per heavy atom. The number of fused-ring (bicyclic) bond motifs is 2. The highest BCUT2D eigenvalue weighted by Gasteiger charge is 2.08. The summed E-state index contributed by atoms with van der Waals surface area (Å²) >= 11 is 0. The minimum Gasteiger partial charge on any atom is -0.369 e. The Morgan fingerprint density at radius 1 is 0.543 bits per heavy atom. The third kappa shape index (κ3) is 4.67. The van der Waals surface area contributed by atoms with Gasteiger partial charge in [0.25, 0.3) is 0 Å². The van der Waals surface area contributed by atoms with Crippen LogP contribution in [0.5, 0.6) is 0 Å². The molecule has 0 spiro atoms. The topological polar surface area (TPSA) is 70.7 Å². The van der Waals surface area contributed by atoms with Gasteiger partial charge in [0.2, 0.25) is 0 Å². The van der Waals surface area contributed by atoms with Gasteiger partial charge < -0.3 is 4.74 Å². The van der Waals surface area contributed by atoms with Gasteiger partial charge in [-0.25, -0.2) is 9.36 Å². The molecule has 0 N–H and O–H groups in total. The van der Waals surface area contributed by atoms with E-state index in [1.54, 1.807) is 0 Å². The van der Waals surface area contributed by atoms with E-state index in [4.69, 9.17) is 4.74 Å². The van der Waals surface area contributed by atoms with Gasteiger partial charge in [-0.2, -0.15) is 0 Å². The molecule has 6 rings (SSSR count). The number of hydrogen-bond acceptors (Lipinski definition) is 5. The van der Waals surface area contributed by atoms with Gasteiger partial charge in [-0.1, -0.05) is 95.4 Å². The SMILES string of the molecule is c1ccc2c(Cn3cc(COCc4cn(Cc5cccc6ccccc56)nn4)nn3)cccc2c1. The molecule has 0 saturated carbocycles. The first-order chi connectivity index (χ1) is 17.3. The van der Waals surface area contributed by atoms with Gasteiger partial charge in [-0.3, -0.25) is 0 Å². The van der Waals surface area contributed by atoms with Crippen LogP contribution in [0.2, 0.25) is 0 Å². The summed E-state index contributed by atoms with van der Waals surface area (Å²) in [4.78, 5) is 0. The molecule has 0 aliphatic heterocycles. The number of ether oxygens (including phenoxy) is 1. The summed E-state index contributed by atoms with van der Waals surface area (Å²) in [6.45, 7) is 2.06. The van der Waals surface area contributed by atoms with E-state index in [0.29, 0.717) is 26.3 Å². The van der Waals surface area contributed by atoms with Crippen molar-refractivity contribution in [3.63, 3.8) is 0 Å². The highest BCUT2D eigenvalue weighted by Crippen LogP contribution is 2.20. The van der Waals surface area contributed by atoms with E-state index < -0.39 is 0 Å². The molecule has 172 valence electrons. The van der Waals surface area contributed by atoms with E-state index >= 15 is 0 Å². The van der Waals surface area contributed by atoms with Crippen molar-refractivity contribution in [2.45, 2.75) is 26.3 Å². The van der Waals surface area contributed by atoms with Gasteiger partial charge in [-0.05, 0) is 32.7 Å². The van der Waals surface area contributed by atoms with Crippen molar-refractivity contribution in [1.82, 2.24) is 30.0 Å². The standard InChI is InChI=1S/C28H24N6O/c1-3-13-27-21(7-1)9-5-11-23(27)15-33-17-25(29-31-33)19-35-20-26-18-34(32-30-26)16-24-12-6-10-22-8-2-4-14-28(22)24/h1-14,17-18H,15-16,19-20H2. The van der Waals surface area contributed by atoms with Crippen LogP contribution in [0.1, 0.15) is 22.5 Å². The number of rotatable bonds is 8. The Balaban J connectivity index is 1.06. The average Bonchev–Trinajstić information content (AvgIpc) is 3.54. The molecule has 0 fully saturated rings. The van der Waals surface area contributed by atoms with Crippen molar-refractivity contribution in [2.24, 2.45) is 0 Å². The third-order valence-electron chi connectivity index (χ3n) is 6.10. The molecule has 0 atom stereocenters. The summed E-state index contributed by atoms with van der Waals surface area (Å²) < 4.78 is 9.54. The van der Waals surface area contributed by atoms with Gasteiger partial charge in [-0.15, -0.1) is 10.2 Å². The number of hydrogen-bond donors (Lipinski definition) is 0. The number of aromatic nitrogens is 6. The van der Waals surface area contributed by atoms with E-state index in [0.717, 1.165) is 11.4 Å². The highest BCUT2D eigenvalue weighted by molar-refractivity contribution is 5.86. The molecule has 6 aromatic rings. The second-order valence-corrected chi connectivity index (χ2v) is 8.58. The first kappa shape index (κ1) is 21.2. The normalized spacial score (nSPS) is 11.4. The maximum atomic E-state index is 5.84. The van der Waals surface area contributed by atoms with Gasteiger partial charge in [0.1, 0.15) is 11.4 Å². The predicted molar refractivity (Wildman–Crippen MR) is 135 cm³/mol. The van der Waals surface area contributed by atoms with E-state index in [1.165, 1.54) is 32.7 Å². The van der Waals surface area contributed by atoms with Crippen molar-refractivity contribution < 1.29 is 4.74 Å². The van der Waals surface area contributed by atoms with Gasteiger partial charge in [0.15, 0.2) is 0 Å². The summed E-state index contributed by atoms with van der Waals surface area (Å²) in [6, 6.07) is 29.4. The lowest BCUT2D eigenvalue weighted by molar-refractivity contribution is 0.102. The van der Waals surface area contributed by atoms with Gasteiger partial charge in [0, 0.05) is 0 Å². The summed E-state index contributed by atoms with van der Waals surface area (Å²) in [5, 5.41) is 22.0. The summed E-state index contributed by atoms with van der Waals surface area (Å²) in [7, 11) is 0. The van der Waals surface area contributed by atoms with Crippen molar-refractivity contribution in [2.75, 3.05) is 0 Å². The lowest BCUT2D eigenvalue weighted by Crippen LogP contribution is -2.01. The first-order valence-electron chi connectivity index (χ1n) is 11.6. The zero-order valence-electron chi connectivity index (χ0n) is 19.2. The molecule has 0 radical (unpaired) electrons. The maximum absolute atomic E-state index is 5.84. The lowest BCUT2D eigenvalue weighted by atomic mass is 10.0. The summed E-state index contributed by atoms with van der Waals surface area (Å²) in [5.41, 5.74) is 3.99. The molecule has 0 unspecified atom stereocenters.